The molecule has 1 aliphatic rings. The summed E-state index contributed by atoms with van der Waals surface area (Å²) in [5.74, 6) is 1.15. The maximum absolute atomic E-state index is 11.6. The van der Waals surface area contributed by atoms with Gasteiger partial charge in [0.1, 0.15) is 5.82 Å². The third kappa shape index (κ3) is 6.50. The van der Waals surface area contributed by atoms with Crippen molar-refractivity contribution in [1.82, 2.24) is 10.3 Å². The van der Waals surface area contributed by atoms with Crippen LogP contribution in [0.4, 0.5) is 5.82 Å². The van der Waals surface area contributed by atoms with Crippen LogP contribution in [0.25, 0.3) is 0 Å². The highest BCUT2D eigenvalue weighted by molar-refractivity contribution is 5.85. The highest BCUT2D eigenvalue weighted by atomic mass is 35.5. The summed E-state index contributed by atoms with van der Waals surface area (Å²) in [5.41, 5.74) is 5.40. The molecule has 1 amide bonds. The van der Waals surface area contributed by atoms with Gasteiger partial charge in [-0.25, -0.2) is 4.98 Å². The van der Waals surface area contributed by atoms with Gasteiger partial charge in [-0.05, 0) is 37.9 Å². The Balaban J connectivity index is 0.00000200. The van der Waals surface area contributed by atoms with Crippen LogP contribution in [0, 0.1) is 0 Å². The van der Waals surface area contributed by atoms with E-state index in [4.69, 9.17) is 5.73 Å². The Bertz CT molecular complexity index is 397. The van der Waals surface area contributed by atoms with Gasteiger partial charge in [0.15, 0.2) is 0 Å². The molecule has 0 radical (unpaired) electrons. The summed E-state index contributed by atoms with van der Waals surface area (Å²) in [6.45, 7) is 2.46. The predicted octanol–water partition coefficient (Wildman–Crippen LogP) is 1.75. The van der Waals surface area contributed by atoms with E-state index < -0.39 is 0 Å². The molecule has 5 nitrogen and oxygen atoms in total. The number of aromatic nitrogens is 1. The number of anilines is 1. The largest absolute Gasteiger partial charge is 0.356 e. The molecule has 0 bridgehead atoms. The molecule has 1 aliphatic heterocycles. The van der Waals surface area contributed by atoms with Crippen LogP contribution in [-0.4, -0.2) is 36.6 Å². The topological polar surface area (TPSA) is 71.2 Å². The lowest BCUT2D eigenvalue weighted by molar-refractivity contribution is -0.122. The molecule has 0 unspecified atom stereocenters. The standard InChI is InChI=1S/C14H22N4O.2ClH/c15-8-3-5-14(19)17-12-6-10-18(11-7-12)13-4-1-2-9-16-13;;/h1-2,4,9,12H,3,5-8,10-11,15H2,(H,17,19);2*1H. The molecular weight excluding hydrogens is 311 g/mol. The number of nitrogens with two attached hydrogens (primary N) is 1. The molecule has 1 fully saturated rings. The number of carbonyl (C=O) groups excluding carboxylic acids is 1. The Morgan fingerprint density at radius 3 is 2.62 bits per heavy atom. The Morgan fingerprint density at radius 1 is 1.33 bits per heavy atom. The van der Waals surface area contributed by atoms with Crippen molar-refractivity contribution in [2.45, 2.75) is 31.7 Å². The first-order valence-corrected chi connectivity index (χ1v) is 6.95. The lowest BCUT2D eigenvalue weighted by Gasteiger charge is -2.33. The summed E-state index contributed by atoms with van der Waals surface area (Å²) in [6.07, 6.45) is 5.07. The first-order valence-electron chi connectivity index (χ1n) is 6.95. The molecule has 2 rings (SSSR count). The van der Waals surface area contributed by atoms with E-state index in [0.29, 0.717) is 19.0 Å². The zero-order valence-corrected chi connectivity index (χ0v) is 13.7. The van der Waals surface area contributed by atoms with Crippen LogP contribution in [0.5, 0.6) is 0 Å². The Morgan fingerprint density at radius 2 is 2.05 bits per heavy atom. The average molecular weight is 335 g/mol. The van der Waals surface area contributed by atoms with Crippen LogP contribution in [0.3, 0.4) is 0 Å². The highest BCUT2D eigenvalue weighted by Gasteiger charge is 2.20. The summed E-state index contributed by atoms with van der Waals surface area (Å²) in [7, 11) is 0. The zero-order valence-electron chi connectivity index (χ0n) is 12.0. The molecule has 21 heavy (non-hydrogen) atoms. The summed E-state index contributed by atoms with van der Waals surface area (Å²) < 4.78 is 0. The van der Waals surface area contributed by atoms with Gasteiger partial charge in [-0.3, -0.25) is 4.79 Å². The van der Waals surface area contributed by atoms with Crippen molar-refractivity contribution in [2.75, 3.05) is 24.5 Å². The van der Waals surface area contributed by atoms with Gasteiger partial charge in [0.25, 0.3) is 0 Å². The maximum atomic E-state index is 11.6. The molecular formula is C14H24Cl2N4O. The van der Waals surface area contributed by atoms with E-state index in [0.717, 1.165) is 38.2 Å². The second-order valence-electron chi connectivity index (χ2n) is 4.91. The number of nitrogens with zero attached hydrogens (tertiary/aromatic N) is 2. The molecule has 0 aliphatic carbocycles. The fourth-order valence-electron chi connectivity index (χ4n) is 2.36. The fraction of sp³-hybridized carbons (Fsp3) is 0.571. The van der Waals surface area contributed by atoms with Crippen LogP contribution in [0.2, 0.25) is 0 Å². The normalized spacial score (nSPS) is 14.8. The van der Waals surface area contributed by atoms with Crippen LogP contribution >= 0.6 is 24.8 Å². The van der Waals surface area contributed by atoms with E-state index in [9.17, 15) is 4.79 Å². The molecule has 1 aromatic rings. The van der Waals surface area contributed by atoms with Gasteiger partial charge >= 0.3 is 0 Å². The molecule has 3 N–H and O–H groups in total. The second kappa shape index (κ2) is 10.7. The van der Waals surface area contributed by atoms with E-state index in [1.165, 1.54) is 0 Å². The van der Waals surface area contributed by atoms with E-state index in [1.807, 2.05) is 24.4 Å². The number of hydrogen-bond donors (Lipinski definition) is 2. The first kappa shape index (κ1) is 20.0. The molecule has 1 saturated heterocycles. The van der Waals surface area contributed by atoms with Crippen molar-refractivity contribution in [3.05, 3.63) is 24.4 Å². The van der Waals surface area contributed by atoms with E-state index in [-0.39, 0.29) is 30.7 Å². The van der Waals surface area contributed by atoms with Crippen LogP contribution in [0.15, 0.2) is 24.4 Å². The van der Waals surface area contributed by atoms with Gasteiger partial charge in [-0.1, -0.05) is 6.07 Å². The number of carbonyl (C=O) groups is 1. The van der Waals surface area contributed by atoms with Gasteiger partial charge in [0, 0.05) is 31.7 Å². The minimum absolute atomic E-state index is 0. The van der Waals surface area contributed by atoms with Gasteiger partial charge in [0.05, 0.1) is 0 Å². The summed E-state index contributed by atoms with van der Waals surface area (Å²) >= 11 is 0. The number of piperidine rings is 1. The third-order valence-electron chi connectivity index (χ3n) is 3.44. The molecule has 7 heteroatoms. The van der Waals surface area contributed by atoms with Crippen LogP contribution in [0.1, 0.15) is 25.7 Å². The molecule has 120 valence electrons. The summed E-state index contributed by atoms with van der Waals surface area (Å²) in [4.78, 5) is 18.2. The number of nitrogens with one attached hydrogen (secondary N) is 1. The van der Waals surface area contributed by atoms with Gasteiger partial charge < -0.3 is 16.0 Å². The minimum atomic E-state index is 0. The van der Waals surface area contributed by atoms with Gasteiger partial charge in [-0.15, -0.1) is 24.8 Å². The molecule has 1 aromatic heterocycles. The van der Waals surface area contributed by atoms with Crippen molar-refractivity contribution in [2.24, 2.45) is 5.73 Å². The summed E-state index contributed by atoms with van der Waals surface area (Å²) in [5, 5.41) is 3.08. The molecule has 0 atom stereocenters. The second-order valence-corrected chi connectivity index (χ2v) is 4.91. The van der Waals surface area contributed by atoms with Crippen molar-refractivity contribution in [3.8, 4) is 0 Å². The van der Waals surface area contributed by atoms with E-state index in [2.05, 4.69) is 15.2 Å². The number of halogens is 2. The fourth-order valence-corrected chi connectivity index (χ4v) is 2.36. The number of amides is 1. The minimum Gasteiger partial charge on any atom is -0.356 e. The maximum Gasteiger partial charge on any atom is 0.220 e. The number of rotatable bonds is 5. The van der Waals surface area contributed by atoms with E-state index in [1.54, 1.807) is 0 Å². The average Bonchev–Trinajstić information content (AvgIpc) is 2.47. The molecule has 0 aromatic carbocycles. The number of hydrogen-bond acceptors (Lipinski definition) is 4. The highest BCUT2D eigenvalue weighted by Crippen LogP contribution is 2.17. The predicted molar refractivity (Wildman–Crippen MR) is 90.4 cm³/mol. The first-order chi connectivity index (χ1) is 9.29. The van der Waals surface area contributed by atoms with Crippen molar-refractivity contribution < 1.29 is 4.79 Å². The summed E-state index contributed by atoms with van der Waals surface area (Å²) in [6, 6.07) is 6.25. The van der Waals surface area contributed by atoms with Crippen LogP contribution < -0.4 is 16.0 Å². The quantitative estimate of drug-likeness (QED) is 0.860. The molecule has 0 spiro atoms. The zero-order chi connectivity index (χ0) is 13.5. The number of pyridine rings is 1. The van der Waals surface area contributed by atoms with Crippen molar-refractivity contribution in [1.29, 1.82) is 0 Å². The molecule has 2 heterocycles. The lowest BCUT2D eigenvalue weighted by Crippen LogP contribution is -2.45. The van der Waals surface area contributed by atoms with Gasteiger partial charge in [-0.2, -0.15) is 0 Å². The third-order valence-corrected chi connectivity index (χ3v) is 3.44. The Hall–Kier alpha value is -1.04. The van der Waals surface area contributed by atoms with E-state index >= 15 is 0 Å². The van der Waals surface area contributed by atoms with Crippen LogP contribution in [-0.2, 0) is 4.79 Å². The Labute approximate surface area is 138 Å². The Kier molecular flexibility index (Phi) is 10.1. The SMILES string of the molecule is Cl.Cl.NCCCC(=O)NC1CCN(c2ccccn2)CC1. The lowest BCUT2D eigenvalue weighted by atomic mass is 10.0. The van der Waals surface area contributed by atoms with Gasteiger partial charge in [0.2, 0.25) is 5.91 Å². The van der Waals surface area contributed by atoms with Crippen molar-refractivity contribution in [3.63, 3.8) is 0 Å². The van der Waals surface area contributed by atoms with Crippen molar-refractivity contribution >= 4 is 36.5 Å². The molecule has 0 saturated carbocycles. The smallest absolute Gasteiger partial charge is 0.220 e. The monoisotopic (exact) mass is 334 g/mol.